The van der Waals surface area contributed by atoms with Crippen LogP contribution >= 0.6 is 0 Å². The van der Waals surface area contributed by atoms with Crippen LogP contribution in [0.15, 0.2) is 24.3 Å². The molecule has 1 rings (SSSR count). The first kappa shape index (κ1) is 12.9. The van der Waals surface area contributed by atoms with Crippen molar-refractivity contribution in [3.8, 4) is 5.75 Å². The summed E-state index contributed by atoms with van der Waals surface area (Å²) in [5, 5.41) is 9.10. The van der Waals surface area contributed by atoms with E-state index in [0.29, 0.717) is 0 Å². The molecule has 0 unspecified atom stereocenters. The van der Waals surface area contributed by atoms with Gasteiger partial charge in [0.1, 0.15) is 11.5 Å². The molecular weight excluding hydrogens is 203 g/mol. The summed E-state index contributed by atoms with van der Waals surface area (Å²) >= 11 is 0. The van der Waals surface area contributed by atoms with Gasteiger partial charge in [0.2, 0.25) is 0 Å². The maximum atomic E-state index is 10.4. The van der Waals surface area contributed by atoms with E-state index in [4.69, 9.17) is 9.66 Å². The Bertz CT molecular complexity index is 374. The quantitative estimate of drug-likeness (QED) is 0.540. The Morgan fingerprint density at radius 2 is 1.77 bits per heavy atom. The zero-order valence-corrected chi connectivity index (χ0v) is 6.95. The molecule has 0 aliphatic rings. The van der Waals surface area contributed by atoms with Gasteiger partial charge in [0.05, 0.1) is 0 Å². The zero-order chi connectivity index (χ0) is 9.19. The molecule has 0 aromatic heterocycles. The van der Waals surface area contributed by atoms with Crippen LogP contribution < -0.4 is 0 Å². The summed E-state index contributed by atoms with van der Waals surface area (Å²) < 4.78 is 29.3. The van der Waals surface area contributed by atoms with Crippen LogP contribution in [0.2, 0.25) is 0 Å². The molecule has 0 aliphatic heterocycles. The SMILES string of the molecule is O=S(=O)(O)Cc1ccccc1O.[NaH]. The number of benzene rings is 1. The predicted molar refractivity (Wildman–Crippen MR) is 50.5 cm³/mol. The summed E-state index contributed by atoms with van der Waals surface area (Å²) in [5.74, 6) is -0.685. The van der Waals surface area contributed by atoms with Crippen LogP contribution in [0.25, 0.3) is 0 Å². The Morgan fingerprint density at radius 3 is 2.23 bits per heavy atom. The number of hydrogen-bond acceptors (Lipinski definition) is 3. The summed E-state index contributed by atoms with van der Waals surface area (Å²) in [4.78, 5) is 0. The molecule has 0 bridgehead atoms. The van der Waals surface area contributed by atoms with Crippen molar-refractivity contribution in [3.63, 3.8) is 0 Å². The van der Waals surface area contributed by atoms with E-state index in [1.165, 1.54) is 12.1 Å². The van der Waals surface area contributed by atoms with Crippen molar-refractivity contribution in [2.24, 2.45) is 0 Å². The molecule has 2 N–H and O–H groups in total. The second kappa shape index (κ2) is 4.97. The van der Waals surface area contributed by atoms with Crippen molar-refractivity contribution in [1.82, 2.24) is 0 Å². The fourth-order valence-corrected chi connectivity index (χ4v) is 1.47. The minimum absolute atomic E-state index is 0. The fraction of sp³-hybridized carbons (Fsp3) is 0.143. The fourth-order valence-electron chi connectivity index (χ4n) is 0.829. The first-order chi connectivity index (χ1) is 5.49. The Morgan fingerprint density at radius 1 is 1.23 bits per heavy atom. The molecule has 13 heavy (non-hydrogen) atoms. The molecule has 4 nitrogen and oxygen atoms in total. The Hall–Kier alpha value is -0.0700. The van der Waals surface area contributed by atoms with Gasteiger partial charge in [-0.1, -0.05) is 18.2 Å². The van der Waals surface area contributed by atoms with Gasteiger partial charge in [-0.2, -0.15) is 8.42 Å². The molecule has 68 valence electrons. The molecule has 1 aromatic rings. The first-order valence-corrected chi connectivity index (χ1v) is 4.82. The van der Waals surface area contributed by atoms with Crippen LogP contribution in [0.4, 0.5) is 0 Å². The average molecular weight is 212 g/mol. The van der Waals surface area contributed by atoms with Crippen molar-refractivity contribution in [2.45, 2.75) is 5.75 Å². The number of aromatic hydroxyl groups is 1. The van der Waals surface area contributed by atoms with Crippen LogP contribution in [0.1, 0.15) is 5.56 Å². The third kappa shape index (κ3) is 4.64. The molecule has 0 saturated heterocycles. The molecule has 6 heteroatoms. The third-order valence-electron chi connectivity index (χ3n) is 1.33. The van der Waals surface area contributed by atoms with E-state index in [1.807, 2.05) is 0 Å². The van der Waals surface area contributed by atoms with Gasteiger partial charge in [-0.25, -0.2) is 0 Å². The first-order valence-electron chi connectivity index (χ1n) is 3.21. The molecule has 0 radical (unpaired) electrons. The molecule has 0 saturated carbocycles. The van der Waals surface area contributed by atoms with Gasteiger partial charge in [-0.05, 0) is 6.07 Å². The van der Waals surface area contributed by atoms with E-state index < -0.39 is 15.9 Å². The van der Waals surface area contributed by atoms with Crippen molar-refractivity contribution < 1.29 is 18.1 Å². The van der Waals surface area contributed by atoms with Crippen LogP contribution in [0, 0.1) is 0 Å². The van der Waals surface area contributed by atoms with Gasteiger partial charge in [0.25, 0.3) is 10.1 Å². The van der Waals surface area contributed by atoms with Gasteiger partial charge < -0.3 is 5.11 Å². The molecule has 0 heterocycles. The number of phenols is 1. The molecule has 0 atom stereocenters. The van der Waals surface area contributed by atoms with Crippen molar-refractivity contribution in [1.29, 1.82) is 0 Å². The summed E-state index contributed by atoms with van der Waals surface area (Å²) in [5.41, 5.74) is 0.194. The van der Waals surface area contributed by atoms with Gasteiger partial charge in [-0.15, -0.1) is 0 Å². The predicted octanol–water partition coefficient (Wildman–Crippen LogP) is 0.132. The van der Waals surface area contributed by atoms with E-state index in [2.05, 4.69) is 0 Å². The van der Waals surface area contributed by atoms with E-state index >= 15 is 0 Å². The monoisotopic (exact) mass is 212 g/mol. The minimum atomic E-state index is -4.06. The summed E-state index contributed by atoms with van der Waals surface area (Å²) in [6.45, 7) is 0. The van der Waals surface area contributed by atoms with Gasteiger partial charge >= 0.3 is 29.6 Å². The topological polar surface area (TPSA) is 74.6 Å². The van der Waals surface area contributed by atoms with E-state index in [-0.39, 0.29) is 40.9 Å². The Labute approximate surface area is 98.6 Å². The number of phenolic OH excluding ortho intramolecular Hbond substituents is 1. The second-order valence-corrected chi connectivity index (χ2v) is 3.81. The maximum absolute atomic E-state index is 10.4. The van der Waals surface area contributed by atoms with Crippen molar-refractivity contribution >= 4 is 39.7 Å². The molecule has 0 fully saturated rings. The average Bonchev–Trinajstić information content (AvgIpc) is 1.91. The summed E-state index contributed by atoms with van der Waals surface area (Å²) in [6, 6.07) is 5.95. The number of hydrogen-bond donors (Lipinski definition) is 2. The summed E-state index contributed by atoms with van der Waals surface area (Å²) in [7, 11) is -4.06. The third-order valence-corrected chi connectivity index (χ3v) is 2.01. The normalized spacial score (nSPS) is 10.5. The van der Waals surface area contributed by atoms with Crippen molar-refractivity contribution in [3.05, 3.63) is 29.8 Å². The van der Waals surface area contributed by atoms with E-state index in [9.17, 15) is 8.42 Å². The van der Waals surface area contributed by atoms with E-state index in [0.717, 1.165) is 0 Å². The summed E-state index contributed by atoms with van der Waals surface area (Å²) in [6.07, 6.45) is 0. The second-order valence-electron chi connectivity index (χ2n) is 2.35. The number of para-hydroxylation sites is 1. The molecule has 0 spiro atoms. The van der Waals surface area contributed by atoms with Crippen LogP contribution in [-0.2, 0) is 15.9 Å². The molecule has 0 amide bonds. The van der Waals surface area contributed by atoms with Crippen LogP contribution in [0.3, 0.4) is 0 Å². The van der Waals surface area contributed by atoms with Gasteiger partial charge in [0, 0.05) is 5.56 Å². The standard InChI is InChI=1S/C7H8O4S.Na.H/c8-7-4-2-1-3-6(7)5-12(9,10)11;;/h1-4,8H,5H2,(H,9,10,11);;. The zero-order valence-electron chi connectivity index (χ0n) is 6.14. The number of rotatable bonds is 2. The Kier molecular flexibility index (Phi) is 4.95. The van der Waals surface area contributed by atoms with Gasteiger partial charge in [-0.3, -0.25) is 4.55 Å². The van der Waals surface area contributed by atoms with Crippen LogP contribution in [0.5, 0.6) is 5.75 Å². The van der Waals surface area contributed by atoms with E-state index in [1.54, 1.807) is 12.1 Å². The van der Waals surface area contributed by atoms with Crippen LogP contribution in [-0.4, -0.2) is 47.6 Å². The molecule has 0 aliphatic carbocycles. The molecular formula is C7H9NaO4S. The van der Waals surface area contributed by atoms with Gasteiger partial charge in [0.15, 0.2) is 0 Å². The molecule has 1 aromatic carbocycles. The van der Waals surface area contributed by atoms with Crippen molar-refractivity contribution in [2.75, 3.05) is 0 Å². The Balaban J connectivity index is 0.00000144.